The summed E-state index contributed by atoms with van der Waals surface area (Å²) in [7, 11) is 0. The summed E-state index contributed by atoms with van der Waals surface area (Å²) in [6.45, 7) is 4.61. The molecule has 0 nitrogen and oxygen atoms in total. The standard InChI is InChI=1S/C10H20S2/c1-3-5-7-10(6-4-2)11-8-9-12-10/h3-9H2,1-2H3. The average molecular weight is 204 g/mol. The Morgan fingerprint density at radius 3 is 2.17 bits per heavy atom. The normalized spacial score (nSPS) is 21.5. The average Bonchev–Trinajstić information content (AvgIpc) is 2.51. The van der Waals surface area contributed by atoms with E-state index in [0.29, 0.717) is 4.08 Å². The lowest BCUT2D eigenvalue weighted by Crippen LogP contribution is -2.16. The third kappa shape index (κ3) is 2.88. The Bertz CT molecular complexity index is 117. The van der Waals surface area contributed by atoms with Crippen molar-refractivity contribution in [3.05, 3.63) is 0 Å². The van der Waals surface area contributed by atoms with Crippen LogP contribution in [0.15, 0.2) is 0 Å². The first-order chi connectivity index (χ1) is 5.83. The Labute approximate surface area is 85.3 Å². The van der Waals surface area contributed by atoms with Gasteiger partial charge in [0.1, 0.15) is 0 Å². The van der Waals surface area contributed by atoms with Gasteiger partial charge in [0, 0.05) is 11.5 Å². The van der Waals surface area contributed by atoms with E-state index in [1.54, 1.807) is 0 Å². The summed E-state index contributed by atoms with van der Waals surface area (Å²) >= 11 is 4.43. The first-order valence-corrected chi connectivity index (χ1v) is 7.08. The Morgan fingerprint density at radius 1 is 1.00 bits per heavy atom. The van der Waals surface area contributed by atoms with Crippen molar-refractivity contribution in [2.24, 2.45) is 0 Å². The predicted molar refractivity (Wildman–Crippen MR) is 62.1 cm³/mol. The molecule has 1 rings (SSSR count). The van der Waals surface area contributed by atoms with Gasteiger partial charge in [-0.1, -0.05) is 33.1 Å². The zero-order chi connectivity index (χ0) is 8.86. The molecule has 0 amide bonds. The summed E-state index contributed by atoms with van der Waals surface area (Å²) in [5.41, 5.74) is 0. The molecule has 0 atom stereocenters. The molecule has 1 aliphatic rings. The summed E-state index contributed by atoms with van der Waals surface area (Å²) < 4.78 is 0.630. The molecule has 72 valence electrons. The van der Waals surface area contributed by atoms with Crippen molar-refractivity contribution in [2.75, 3.05) is 11.5 Å². The van der Waals surface area contributed by atoms with Crippen LogP contribution in [0.2, 0.25) is 0 Å². The monoisotopic (exact) mass is 204 g/mol. The van der Waals surface area contributed by atoms with E-state index in [4.69, 9.17) is 0 Å². The summed E-state index contributed by atoms with van der Waals surface area (Å²) in [5, 5.41) is 0. The first kappa shape index (κ1) is 10.8. The van der Waals surface area contributed by atoms with Gasteiger partial charge in [0.15, 0.2) is 0 Å². The van der Waals surface area contributed by atoms with Gasteiger partial charge in [-0.05, 0) is 12.8 Å². The molecular weight excluding hydrogens is 184 g/mol. The molecule has 1 aliphatic heterocycles. The highest BCUT2D eigenvalue weighted by Gasteiger charge is 2.33. The van der Waals surface area contributed by atoms with Crippen LogP contribution < -0.4 is 0 Å². The maximum atomic E-state index is 2.31. The summed E-state index contributed by atoms with van der Waals surface area (Å²) in [4.78, 5) is 0. The molecule has 0 spiro atoms. The Hall–Kier alpha value is 0.700. The third-order valence-corrected chi connectivity index (χ3v) is 6.01. The molecule has 1 fully saturated rings. The fourth-order valence-electron chi connectivity index (χ4n) is 1.74. The van der Waals surface area contributed by atoms with Gasteiger partial charge >= 0.3 is 0 Å². The number of hydrogen-bond donors (Lipinski definition) is 0. The maximum absolute atomic E-state index is 2.31. The highest BCUT2D eigenvalue weighted by atomic mass is 32.2. The van der Waals surface area contributed by atoms with Crippen LogP contribution in [-0.4, -0.2) is 15.6 Å². The number of thioether (sulfide) groups is 2. The molecule has 0 bridgehead atoms. The summed E-state index contributed by atoms with van der Waals surface area (Å²) in [6.07, 6.45) is 6.98. The molecule has 0 radical (unpaired) electrons. The van der Waals surface area contributed by atoms with Crippen LogP contribution >= 0.6 is 23.5 Å². The van der Waals surface area contributed by atoms with Crippen molar-refractivity contribution in [1.29, 1.82) is 0 Å². The fraction of sp³-hybridized carbons (Fsp3) is 1.00. The molecular formula is C10H20S2. The van der Waals surface area contributed by atoms with E-state index in [9.17, 15) is 0 Å². The van der Waals surface area contributed by atoms with E-state index in [1.807, 2.05) is 0 Å². The molecule has 1 heterocycles. The van der Waals surface area contributed by atoms with Crippen LogP contribution in [0.5, 0.6) is 0 Å². The molecule has 0 N–H and O–H groups in total. The quantitative estimate of drug-likeness (QED) is 0.660. The number of unbranched alkanes of at least 4 members (excludes halogenated alkanes) is 1. The minimum Gasteiger partial charge on any atom is -0.143 e. The lowest BCUT2D eigenvalue weighted by molar-refractivity contribution is 0.609. The van der Waals surface area contributed by atoms with Crippen molar-refractivity contribution < 1.29 is 0 Å². The fourth-order valence-corrected chi connectivity index (χ4v) is 5.26. The minimum absolute atomic E-state index is 0.630. The zero-order valence-electron chi connectivity index (χ0n) is 8.27. The minimum atomic E-state index is 0.630. The van der Waals surface area contributed by atoms with Crippen molar-refractivity contribution in [2.45, 2.75) is 50.0 Å². The van der Waals surface area contributed by atoms with E-state index in [0.717, 1.165) is 0 Å². The van der Waals surface area contributed by atoms with Crippen molar-refractivity contribution in [3.63, 3.8) is 0 Å². The van der Waals surface area contributed by atoms with Crippen LogP contribution in [0.25, 0.3) is 0 Å². The Morgan fingerprint density at radius 2 is 1.67 bits per heavy atom. The van der Waals surface area contributed by atoms with Crippen molar-refractivity contribution in [1.82, 2.24) is 0 Å². The molecule has 1 saturated heterocycles. The number of hydrogen-bond acceptors (Lipinski definition) is 2. The lowest BCUT2D eigenvalue weighted by Gasteiger charge is -2.26. The second-order valence-corrected chi connectivity index (χ2v) is 6.68. The smallest absolute Gasteiger partial charge is 0.0611 e. The van der Waals surface area contributed by atoms with Crippen LogP contribution in [0.3, 0.4) is 0 Å². The van der Waals surface area contributed by atoms with E-state index in [-0.39, 0.29) is 0 Å². The second-order valence-electron chi connectivity index (χ2n) is 3.46. The van der Waals surface area contributed by atoms with Crippen LogP contribution in [0.4, 0.5) is 0 Å². The topological polar surface area (TPSA) is 0 Å². The molecule has 2 heteroatoms. The van der Waals surface area contributed by atoms with Gasteiger partial charge in [-0.15, -0.1) is 23.5 Å². The van der Waals surface area contributed by atoms with Crippen LogP contribution in [0.1, 0.15) is 46.0 Å². The summed E-state index contributed by atoms with van der Waals surface area (Å²) in [5.74, 6) is 2.77. The molecule has 0 aromatic heterocycles. The van der Waals surface area contributed by atoms with Gasteiger partial charge < -0.3 is 0 Å². The van der Waals surface area contributed by atoms with Gasteiger partial charge in [-0.25, -0.2) is 0 Å². The van der Waals surface area contributed by atoms with E-state index in [2.05, 4.69) is 37.4 Å². The zero-order valence-corrected chi connectivity index (χ0v) is 9.90. The third-order valence-electron chi connectivity index (χ3n) is 2.36. The SMILES string of the molecule is CCCCC1(CCC)SCCS1. The maximum Gasteiger partial charge on any atom is 0.0611 e. The van der Waals surface area contributed by atoms with Gasteiger partial charge in [0.2, 0.25) is 0 Å². The molecule has 0 aliphatic carbocycles. The van der Waals surface area contributed by atoms with Crippen LogP contribution in [-0.2, 0) is 0 Å². The Kier molecular flexibility index (Phi) is 4.88. The molecule has 0 aromatic rings. The predicted octanol–water partition coefficient (Wildman–Crippen LogP) is 4.15. The lowest BCUT2D eigenvalue weighted by atomic mass is 10.1. The molecule has 12 heavy (non-hydrogen) atoms. The van der Waals surface area contributed by atoms with Crippen molar-refractivity contribution in [3.8, 4) is 0 Å². The van der Waals surface area contributed by atoms with E-state index >= 15 is 0 Å². The van der Waals surface area contributed by atoms with Crippen LogP contribution in [0, 0.1) is 0 Å². The largest absolute Gasteiger partial charge is 0.143 e. The van der Waals surface area contributed by atoms with E-state index in [1.165, 1.54) is 43.6 Å². The molecule has 0 aromatic carbocycles. The Balaban J connectivity index is 2.35. The van der Waals surface area contributed by atoms with Crippen molar-refractivity contribution >= 4 is 23.5 Å². The highest BCUT2D eigenvalue weighted by molar-refractivity contribution is 8.21. The van der Waals surface area contributed by atoms with Gasteiger partial charge in [0.05, 0.1) is 4.08 Å². The summed E-state index contributed by atoms with van der Waals surface area (Å²) in [6, 6.07) is 0. The highest BCUT2D eigenvalue weighted by Crippen LogP contribution is 2.50. The molecule has 0 saturated carbocycles. The molecule has 0 unspecified atom stereocenters. The first-order valence-electron chi connectivity index (χ1n) is 5.11. The van der Waals surface area contributed by atoms with E-state index < -0.39 is 0 Å². The van der Waals surface area contributed by atoms with Gasteiger partial charge in [0.25, 0.3) is 0 Å². The number of rotatable bonds is 5. The van der Waals surface area contributed by atoms with Gasteiger partial charge in [-0.3, -0.25) is 0 Å². The van der Waals surface area contributed by atoms with Gasteiger partial charge in [-0.2, -0.15) is 0 Å². The second kappa shape index (κ2) is 5.43.